The second-order valence-corrected chi connectivity index (χ2v) is 5.97. The molecule has 1 fully saturated rings. The second-order valence-electron chi connectivity index (χ2n) is 5.97. The van der Waals surface area contributed by atoms with Crippen molar-refractivity contribution in [3.8, 4) is 5.75 Å². The van der Waals surface area contributed by atoms with Crippen molar-refractivity contribution in [2.24, 2.45) is 0 Å². The molecular weight excluding hydrogens is 274 g/mol. The van der Waals surface area contributed by atoms with E-state index >= 15 is 0 Å². The van der Waals surface area contributed by atoms with Gasteiger partial charge in [0.2, 0.25) is 0 Å². The fraction of sp³-hybridized carbons (Fsp3) is 0.389. The van der Waals surface area contributed by atoms with Gasteiger partial charge in [-0.05, 0) is 35.7 Å². The average Bonchev–Trinajstić information content (AvgIpc) is 2.52. The van der Waals surface area contributed by atoms with Crippen LogP contribution in [0.3, 0.4) is 0 Å². The zero-order valence-corrected chi connectivity index (χ0v) is 13.5. The first kappa shape index (κ1) is 14.9. The number of hydrogen-bond acceptors (Lipinski definition) is 4. The largest absolute Gasteiger partial charge is 0.497 e. The minimum absolute atomic E-state index is 0.489. The fourth-order valence-electron chi connectivity index (χ4n) is 2.87. The smallest absolute Gasteiger partial charge is 0.127 e. The highest BCUT2D eigenvalue weighted by Crippen LogP contribution is 2.35. The Hall–Kier alpha value is -2.07. The summed E-state index contributed by atoms with van der Waals surface area (Å²) >= 11 is 0. The fourth-order valence-corrected chi connectivity index (χ4v) is 2.87. The molecule has 4 heteroatoms. The first-order valence-electron chi connectivity index (χ1n) is 7.67. The highest BCUT2D eigenvalue weighted by Gasteiger charge is 2.29. The zero-order valence-electron chi connectivity index (χ0n) is 13.5. The van der Waals surface area contributed by atoms with E-state index in [0.717, 1.165) is 24.7 Å². The number of hydrogen-bond donors (Lipinski definition) is 0. The summed E-state index contributed by atoms with van der Waals surface area (Å²) in [6.07, 6.45) is 3.19. The SMILES string of the molecule is COc1cccc(C2CCN2Cc2ccc(N(C)C)nc2)c1. The molecule has 0 saturated carbocycles. The lowest BCUT2D eigenvalue weighted by molar-refractivity contribution is 0.0816. The molecule has 0 radical (unpaired) electrons. The van der Waals surface area contributed by atoms with Gasteiger partial charge in [-0.1, -0.05) is 18.2 Å². The Kier molecular flexibility index (Phi) is 4.29. The third-order valence-electron chi connectivity index (χ3n) is 4.26. The van der Waals surface area contributed by atoms with Crippen LogP contribution in [0, 0.1) is 0 Å². The third-order valence-corrected chi connectivity index (χ3v) is 4.26. The minimum Gasteiger partial charge on any atom is -0.497 e. The van der Waals surface area contributed by atoms with Gasteiger partial charge in [-0.15, -0.1) is 0 Å². The quantitative estimate of drug-likeness (QED) is 0.848. The molecule has 2 aromatic rings. The van der Waals surface area contributed by atoms with Crippen LogP contribution in [0.4, 0.5) is 5.82 Å². The topological polar surface area (TPSA) is 28.6 Å². The van der Waals surface area contributed by atoms with Gasteiger partial charge in [-0.2, -0.15) is 0 Å². The van der Waals surface area contributed by atoms with Crippen molar-refractivity contribution in [1.82, 2.24) is 9.88 Å². The summed E-state index contributed by atoms with van der Waals surface area (Å²) in [7, 11) is 5.74. The third kappa shape index (κ3) is 3.07. The van der Waals surface area contributed by atoms with Gasteiger partial charge in [0, 0.05) is 39.4 Å². The Labute approximate surface area is 132 Å². The zero-order chi connectivity index (χ0) is 15.5. The number of anilines is 1. The first-order valence-corrected chi connectivity index (χ1v) is 7.67. The van der Waals surface area contributed by atoms with Crippen LogP contribution in [0.5, 0.6) is 5.75 Å². The number of methoxy groups -OCH3 is 1. The molecule has 1 saturated heterocycles. The van der Waals surface area contributed by atoms with Gasteiger partial charge >= 0.3 is 0 Å². The predicted octanol–water partition coefficient (Wildman–Crippen LogP) is 3.10. The van der Waals surface area contributed by atoms with Crippen molar-refractivity contribution < 1.29 is 4.74 Å². The van der Waals surface area contributed by atoms with Crippen molar-refractivity contribution >= 4 is 5.82 Å². The number of rotatable bonds is 5. The van der Waals surface area contributed by atoms with Crippen LogP contribution in [-0.4, -0.2) is 37.6 Å². The van der Waals surface area contributed by atoms with E-state index in [1.54, 1.807) is 7.11 Å². The van der Waals surface area contributed by atoms with E-state index in [4.69, 9.17) is 4.74 Å². The molecule has 116 valence electrons. The summed E-state index contributed by atoms with van der Waals surface area (Å²) in [5.41, 5.74) is 2.60. The van der Waals surface area contributed by atoms with E-state index in [2.05, 4.69) is 40.2 Å². The molecule has 1 aromatic carbocycles. The summed E-state index contributed by atoms with van der Waals surface area (Å²) in [6.45, 7) is 2.08. The Morgan fingerprint density at radius 3 is 2.73 bits per heavy atom. The predicted molar refractivity (Wildman–Crippen MR) is 89.3 cm³/mol. The van der Waals surface area contributed by atoms with Crippen LogP contribution in [0.25, 0.3) is 0 Å². The van der Waals surface area contributed by atoms with Gasteiger partial charge < -0.3 is 9.64 Å². The number of nitrogens with zero attached hydrogens (tertiary/aromatic N) is 3. The lowest BCUT2D eigenvalue weighted by Crippen LogP contribution is -2.40. The molecule has 22 heavy (non-hydrogen) atoms. The minimum atomic E-state index is 0.489. The maximum absolute atomic E-state index is 5.33. The maximum Gasteiger partial charge on any atom is 0.127 e. The lowest BCUT2D eigenvalue weighted by atomic mass is 9.94. The molecule has 0 bridgehead atoms. The van der Waals surface area contributed by atoms with Gasteiger partial charge in [0.05, 0.1) is 7.11 Å². The Morgan fingerprint density at radius 1 is 1.27 bits per heavy atom. The van der Waals surface area contributed by atoms with Gasteiger partial charge in [0.25, 0.3) is 0 Å². The molecule has 1 aliphatic heterocycles. The molecular formula is C18H23N3O. The van der Waals surface area contributed by atoms with Gasteiger partial charge in [0.15, 0.2) is 0 Å². The van der Waals surface area contributed by atoms with Gasteiger partial charge in [-0.3, -0.25) is 4.90 Å². The van der Waals surface area contributed by atoms with Crippen LogP contribution >= 0.6 is 0 Å². The summed E-state index contributed by atoms with van der Waals surface area (Å²) < 4.78 is 5.33. The molecule has 0 N–H and O–H groups in total. The van der Waals surface area contributed by atoms with E-state index in [1.165, 1.54) is 17.5 Å². The molecule has 0 spiro atoms. The normalized spacial score (nSPS) is 17.9. The monoisotopic (exact) mass is 297 g/mol. The Balaban J connectivity index is 1.68. The lowest BCUT2D eigenvalue weighted by Gasteiger charge is -2.41. The molecule has 2 heterocycles. The highest BCUT2D eigenvalue weighted by molar-refractivity contribution is 5.37. The molecule has 0 amide bonds. The molecule has 0 aliphatic carbocycles. The molecule has 1 unspecified atom stereocenters. The number of likely N-dealkylation sites (tertiary alicyclic amines) is 1. The highest BCUT2D eigenvalue weighted by atomic mass is 16.5. The van der Waals surface area contributed by atoms with Gasteiger partial charge in [0.1, 0.15) is 11.6 Å². The number of aromatic nitrogens is 1. The van der Waals surface area contributed by atoms with E-state index in [-0.39, 0.29) is 0 Å². The van der Waals surface area contributed by atoms with E-state index in [1.807, 2.05) is 31.3 Å². The van der Waals surface area contributed by atoms with E-state index in [0.29, 0.717) is 6.04 Å². The number of pyridine rings is 1. The Morgan fingerprint density at radius 2 is 2.14 bits per heavy atom. The molecule has 1 aromatic heterocycles. The average molecular weight is 297 g/mol. The molecule has 1 atom stereocenters. The van der Waals surface area contributed by atoms with Crippen LogP contribution in [0.1, 0.15) is 23.6 Å². The van der Waals surface area contributed by atoms with Crippen LogP contribution < -0.4 is 9.64 Å². The molecule has 1 aliphatic rings. The summed E-state index contributed by atoms with van der Waals surface area (Å²) in [5.74, 6) is 1.93. The molecule has 4 nitrogen and oxygen atoms in total. The maximum atomic E-state index is 5.33. The second kappa shape index (κ2) is 6.36. The van der Waals surface area contributed by atoms with Crippen molar-refractivity contribution in [1.29, 1.82) is 0 Å². The van der Waals surface area contributed by atoms with E-state index in [9.17, 15) is 0 Å². The summed E-state index contributed by atoms with van der Waals surface area (Å²) in [4.78, 5) is 9.00. The van der Waals surface area contributed by atoms with Crippen LogP contribution in [0.2, 0.25) is 0 Å². The van der Waals surface area contributed by atoms with Gasteiger partial charge in [-0.25, -0.2) is 4.98 Å². The van der Waals surface area contributed by atoms with Crippen molar-refractivity contribution in [2.45, 2.75) is 19.0 Å². The Bertz CT molecular complexity index is 624. The van der Waals surface area contributed by atoms with E-state index < -0.39 is 0 Å². The van der Waals surface area contributed by atoms with Crippen LogP contribution in [0.15, 0.2) is 42.6 Å². The first-order chi connectivity index (χ1) is 10.7. The number of benzene rings is 1. The van der Waals surface area contributed by atoms with Crippen molar-refractivity contribution in [2.75, 3.05) is 32.6 Å². The molecule has 3 rings (SSSR count). The van der Waals surface area contributed by atoms with Crippen molar-refractivity contribution in [3.05, 3.63) is 53.7 Å². The summed E-state index contributed by atoms with van der Waals surface area (Å²) in [5, 5.41) is 0. The number of ether oxygens (including phenoxy) is 1. The summed E-state index contributed by atoms with van der Waals surface area (Å²) in [6, 6.07) is 13.1. The standard InChI is InChI=1S/C18H23N3O/c1-20(2)18-8-7-14(12-19-18)13-21-10-9-17(21)15-5-4-6-16(11-15)22-3/h4-8,11-12,17H,9-10,13H2,1-3H3. The van der Waals surface area contributed by atoms with Crippen LogP contribution in [-0.2, 0) is 6.54 Å². The van der Waals surface area contributed by atoms with Crippen molar-refractivity contribution in [3.63, 3.8) is 0 Å².